The molecule has 122 valence electrons. The quantitative estimate of drug-likeness (QED) is 0.689. The number of nitrogens with zero attached hydrogens (tertiary/aromatic N) is 2. The molecule has 1 saturated heterocycles. The number of ether oxygens (including phenoxy) is 1. The van der Waals surface area contributed by atoms with Crippen LogP contribution < -0.4 is 0 Å². The molecule has 1 heterocycles. The molecular formula is C18H28N2O2. The number of piperazine rings is 1. The highest BCUT2D eigenvalue weighted by molar-refractivity contribution is 5.69. The summed E-state index contributed by atoms with van der Waals surface area (Å²) in [4.78, 5) is 16.1. The number of benzene rings is 1. The Morgan fingerprint density at radius 1 is 1.00 bits per heavy atom. The summed E-state index contributed by atoms with van der Waals surface area (Å²) < 4.78 is 4.67. The van der Waals surface area contributed by atoms with Crippen molar-refractivity contribution in [2.75, 3.05) is 46.4 Å². The molecule has 4 nitrogen and oxygen atoms in total. The molecule has 0 aliphatic carbocycles. The molecule has 0 N–H and O–H groups in total. The summed E-state index contributed by atoms with van der Waals surface area (Å²) in [5, 5.41) is 0. The minimum absolute atomic E-state index is 0.0976. The summed E-state index contributed by atoms with van der Waals surface area (Å²) in [5.74, 6) is -0.0976. The van der Waals surface area contributed by atoms with Crippen molar-refractivity contribution >= 4 is 5.97 Å². The zero-order valence-corrected chi connectivity index (χ0v) is 13.7. The fourth-order valence-electron chi connectivity index (χ4n) is 2.94. The molecule has 0 atom stereocenters. The molecule has 0 aromatic heterocycles. The molecule has 1 aliphatic heterocycles. The Morgan fingerprint density at radius 3 is 2.18 bits per heavy atom. The molecule has 4 heteroatoms. The second-order valence-electron chi connectivity index (χ2n) is 5.95. The van der Waals surface area contributed by atoms with Gasteiger partial charge in [0.15, 0.2) is 0 Å². The van der Waals surface area contributed by atoms with E-state index in [9.17, 15) is 4.79 Å². The van der Waals surface area contributed by atoms with Crippen molar-refractivity contribution in [1.82, 2.24) is 9.80 Å². The van der Waals surface area contributed by atoms with Gasteiger partial charge in [-0.2, -0.15) is 0 Å². The SMILES string of the molecule is COC(=O)CCCN1CCN(CCCc2ccccc2)CC1. The van der Waals surface area contributed by atoms with E-state index in [4.69, 9.17) is 0 Å². The lowest BCUT2D eigenvalue weighted by Gasteiger charge is -2.34. The number of carbonyl (C=O) groups is 1. The van der Waals surface area contributed by atoms with Crippen LogP contribution in [0.4, 0.5) is 0 Å². The van der Waals surface area contributed by atoms with Gasteiger partial charge in [0, 0.05) is 32.6 Å². The molecule has 0 radical (unpaired) electrons. The van der Waals surface area contributed by atoms with Gasteiger partial charge in [-0.15, -0.1) is 0 Å². The van der Waals surface area contributed by atoms with Gasteiger partial charge in [-0.3, -0.25) is 4.79 Å². The number of carbonyl (C=O) groups excluding carboxylic acids is 1. The number of hydrogen-bond acceptors (Lipinski definition) is 4. The number of hydrogen-bond donors (Lipinski definition) is 0. The van der Waals surface area contributed by atoms with Crippen LogP contribution in [-0.2, 0) is 16.0 Å². The summed E-state index contributed by atoms with van der Waals surface area (Å²) in [7, 11) is 1.45. The van der Waals surface area contributed by atoms with E-state index in [0.717, 1.165) is 39.1 Å². The first kappa shape index (κ1) is 17.0. The zero-order valence-electron chi connectivity index (χ0n) is 13.7. The molecule has 2 rings (SSSR count). The van der Waals surface area contributed by atoms with E-state index in [2.05, 4.69) is 44.9 Å². The Labute approximate surface area is 134 Å². The van der Waals surface area contributed by atoms with Crippen molar-refractivity contribution in [2.24, 2.45) is 0 Å². The minimum Gasteiger partial charge on any atom is -0.469 e. The Hall–Kier alpha value is -1.39. The predicted molar refractivity (Wildman–Crippen MR) is 88.9 cm³/mol. The Morgan fingerprint density at radius 2 is 1.59 bits per heavy atom. The van der Waals surface area contributed by atoms with Gasteiger partial charge in [-0.05, 0) is 37.9 Å². The normalized spacial score (nSPS) is 16.6. The van der Waals surface area contributed by atoms with Gasteiger partial charge >= 0.3 is 5.97 Å². The van der Waals surface area contributed by atoms with E-state index >= 15 is 0 Å². The first-order chi connectivity index (χ1) is 10.8. The standard InChI is InChI=1S/C18H28N2O2/c1-22-18(21)10-6-12-20-15-13-19(14-16-20)11-5-9-17-7-3-2-4-8-17/h2-4,7-8H,5-6,9-16H2,1H3. The van der Waals surface area contributed by atoms with Crippen molar-refractivity contribution in [2.45, 2.75) is 25.7 Å². The Kier molecular flexibility index (Phi) is 7.40. The average Bonchev–Trinajstić information content (AvgIpc) is 2.57. The summed E-state index contributed by atoms with van der Waals surface area (Å²) in [6, 6.07) is 10.7. The fourth-order valence-corrected chi connectivity index (χ4v) is 2.94. The van der Waals surface area contributed by atoms with Crippen LogP contribution in [0.15, 0.2) is 30.3 Å². The second kappa shape index (κ2) is 9.59. The van der Waals surface area contributed by atoms with Crippen LogP contribution in [-0.4, -0.2) is 62.1 Å². The van der Waals surface area contributed by atoms with Gasteiger partial charge in [0.2, 0.25) is 0 Å². The minimum atomic E-state index is -0.0976. The molecule has 22 heavy (non-hydrogen) atoms. The summed E-state index contributed by atoms with van der Waals surface area (Å²) >= 11 is 0. The van der Waals surface area contributed by atoms with E-state index in [1.165, 1.54) is 32.1 Å². The first-order valence-corrected chi connectivity index (χ1v) is 8.33. The van der Waals surface area contributed by atoms with Gasteiger partial charge in [0.1, 0.15) is 0 Å². The van der Waals surface area contributed by atoms with Gasteiger partial charge in [-0.25, -0.2) is 0 Å². The van der Waals surface area contributed by atoms with Crippen LogP contribution in [0.5, 0.6) is 0 Å². The second-order valence-corrected chi connectivity index (χ2v) is 5.95. The Bertz CT molecular complexity index is 428. The van der Waals surface area contributed by atoms with Crippen LogP contribution in [0.25, 0.3) is 0 Å². The molecule has 0 amide bonds. The van der Waals surface area contributed by atoms with E-state index in [1.54, 1.807) is 0 Å². The summed E-state index contributed by atoms with van der Waals surface area (Å²) in [6.07, 6.45) is 3.83. The molecule has 0 unspecified atom stereocenters. The van der Waals surface area contributed by atoms with Crippen molar-refractivity contribution in [1.29, 1.82) is 0 Å². The third kappa shape index (κ3) is 6.16. The maximum Gasteiger partial charge on any atom is 0.305 e. The lowest BCUT2D eigenvalue weighted by Crippen LogP contribution is -2.46. The lowest BCUT2D eigenvalue weighted by atomic mass is 10.1. The molecule has 1 fully saturated rings. The van der Waals surface area contributed by atoms with Crippen molar-refractivity contribution in [3.8, 4) is 0 Å². The van der Waals surface area contributed by atoms with E-state index in [1.807, 2.05) is 0 Å². The monoisotopic (exact) mass is 304 g/mol. The molecule has 1 aromatic rings. The van der Waals surface area contributed by atoms with Crippen LogP contribution in [0.1, 0.15) is 24.8 Å². The highest BCUT2D eigenvalue weighted by atomic mass is 16.5. The van der Waals surface area contributed by atoms with Crippen molar-refractivity contribution < 1.29 is 9.53 Å². The maximum absolute atomic E-state index is 11.1. The third-order valence-corrected chi connectivity index (χ3v) is 4.33. The largest absolute Gasteiger partial charge is 0.469 e. The molecule has 1 aromatic carbocycles. The number of aryl methyl sites for hydroxylation is 1. The highest BCUT2D eigenvalue weighted by Crippen LogP contribution is 2.07. The van der Waals surface area contributed by atoms with Crippen molar-refractivity contribution in [3.63, 3.8) is 0 Å². The molecule has 1 aliphatic rings. The van der Waals surface area contributed by atoms with E-state index in [-0.39, 0.29) is 5.97 Å². The number of rotatable bonds is 8. The smallest absolute Gasteiger partial charge is 0.305 e. The summed E-state index contributed by atoms with van der Waals surface area (Å²) in [5.41, 5.74) is 1.43. The first-order valence-electron chi connectivity index (χ1n) is 8.33. The predicted octanol–water partition coefficient (Wildman–Crippen LogP) is 2.19. The summed E-state index contributed by atoms with van der Waals surface area (Å²) in [6.45, 7) is 6.72. The van der Waals surface area contributed by atoms with E-state index in [0.29, 0.717) is 6.42 Å². The molecule has 0 bridgehead atoms. The van der Waals surface area contributed by atoms with Crippen LogP contribution in [0.3, 0.4) is 0 Å². The zero-order chi connectivity index (χ0) is 15.6. The van der Waals surface area contributed by atoms with Gasteiger partial charge in [0.05, 0.1) is 7.11 Å². The molecular weight excluding hydrogens is 276 g/mol. The number of esters is 1. The molecule has 0 saturated carbocycles. The topological polar surface area (TPSA) is 32.8 Å². The maximum atomic E-state index is 11.1. The number of methoxy groups -OCH3 is 1. The fraction of sp³-hybridized carbons (Fsp3) is 0.611. The van der Waals surface area contributed by atoms with Crippen LogP contribution in [0.2, 0.25) is 0 Å². The van der Waals surface area contributed by atoms with Gasteiger partial charge < -0.3 is 14.5 Å². The van der Waals surface area contributed by atoms with Gasteiger partial charge in [0.25, 0.3) is 0 Å². The van der Waals surface area contributed by atoms with Gasteiger partial charge in [-0.1, -0.05) is 30.3 Å². The van der Waals surface area contributed by atoms with E-state index < -0.39 is 0 Å². The Balaban J connectivity index is 1.54. The van der Waals surface area contributed by atoms with Crippen molar-refractivity contribution in [3.05, 3.63) is 35.9 Å². The molecule has 0 spiro atoms. The highest BCUT2D eigenvalue weighted by Gasteiger charge is 2.16. The average molecular weight is 304 g/mol. The van der Waals surface area contributed by atoms with Crippen LogP contribution in [0, 0.1) is 0 Å². The third-order valence-electron chi connectivity index (χ3n) is 4.33. The van der Waals surface area contributed by atoms with Crippen LogP contribution >= 0.6 is 0 Å². The lowest BCUT2D eigenvalue weighted by molar-refractivity contribution is -0.140.